The van der Waals surface area contributed by atoms with Gasteiger partial charge in [-0.2, -0.15) is 0 Å². The Labute approximate surface area is 107 Å². The molecular weight excluding hydrogens is 224 g/mol. The number of hydrogen-bond donors (Lipinski definition) is 1. The topological polar surface area (TPSA) is 42.0 Å². The Balaban J connectivity index is 2.00. The van der Waals surface area contributed by atoms with Crippen LogP contribution in [0.25, 0.3) is 11.3 Å². The van der Waals surface area contributed by atoms with Gasteiger partial charge in [-0.15, -0.1) is 0 Å². The first-order valence-corrected chi connectivity index (χ1v) is 6.00. The van der Waals surface area contributed by atoms with Crippen LogP contribution < -0.4 is 5.32 Å². The van der Waals surface area contributed by atoms with Crippen molar-refractivity contribution < 1.29 is 4.79 Å². The summed E-state index contributed by atoms with van der Waals surface area (Å²) in [7, 11) is 0. The molecule has 0 radical (unpaired) electrons. The fraction of sp³-hybridized carbons (Fsp3) is 0.200. The van der Waals surface area contributed by atoms with E-state index in [1.54, 1.807) is 0 Å². The normalized spacial score (nSPS) is 10.1. The van der Waals surface area contributed by atoms with E-state index in [1.165, 1.54) is 6.92 Å². The molecule has 18 heavy (non-hydrogen) atoms. The van der Waals surface area contributed by atoms with Crippen LogP contribution in [0.5, 0.6) is 0 Å². The summed E-state index contributed by atoms with van der Waals surface area (Å²) in [6.45, 7) is 2.18. The van der Waals surface area contributed by atoms with Crippen LogP contribution >= 0.6 is 0 Å². The average Bonchev–Trinajstić information content (AvgIpc) is 2.40. The van der Waals surface area contributed by atoms with Crippen molar-refractivity contribution in [3.05, 3.63) is 54.2 Å². The van der Waals surface area contributed by atoms with Crippen molar-refractivity contribution >= 4 is 5.91 Å². The maximum absolute atomic E-state index is 10.7. The van der Waals surface area contributed by atoms with Gasteiger partial charge in [-0.3, -0.25) is 9.78 Å². The maximum Gasteiger partial charge on any atom is 0.216 e. The molecule has 3 heteroatoms. The molecule has 0 saturated heterocycles. The van der Waals surface area contributed by atoms with Gasteiger partial charge < -0.3 is 5.32 Å². The van der Waals surface area contributed by atoms with Crippen molar-refractivity contribution in [2.75, 3.05) is 6.54 Å². The second-order valence-electron chi connectivity index (χ2n) is 4.15. The number of hydrogen-bond acceptors (Lipinski definition) is 2. The highest BCUT2D eigenvalue weighted by Crippen LogP contribution is 2.16. The van der Waals surface area contributed by atoms with Gasteiger partial charge in [-0.1, -0.05) is 36.4 Å². The quantitative estimate of drug-likeness (QED) is 0.891. The van der Waals surface area contributed by atoms with E-state index in [9.17, 15) is 4.79 Å². The van der Waals surface area contributed by atoms with Crippen LogP contribution in [0.4, 0.5) is 0 Å². The molecule has 0 aliphatic carbocycles. The summed E-state index contributed by atoms with van der Waals surface area (Å²) in [4.78, 5) is 15.2. The molecule has 0 aliphatic heterocycles. The standard InChI is InChI=1S/C15H16N2O/c1-12(18)16-10-9-13-7-8-15(17-11-13)14-5-3-2-4-6-14/h2-8,11H,9-10H2,1H3,(H,16,18). The number of carbonyl (C=O) groups is 1. The SMILES string of the molecule is CC(=O)NCCc1ccc(-c2ccccc2)nc1. The molecule has 2 rings (SSSR count). The minimum absolute atomic E-state index is 0.00358. The molecule has 0 aliphatic rings. The molecule has 1 heterocycles. The zero-order valence-corrected chi connectivity index (χ0v) is 10.4. The highest BCUT2D eigenvalue weighted by Gasteiger charge is 1.99. The zero-order valence-electron chi connectivity index (χ0n) is 10.4. The Kier molecular flexibility index (Phi) is 4.07. The van der Waals surface area contributed by atoms with Gasteiger partial charge in [0.2, 0.25) is 5.91 Å². The maximum atomic E-state index is 10.7. The molecule has 1 amide bonds. The van der Waals surface area contributed by atoms with E-state index < -0.39 is 0 Å². The van der Waals surface area contributed by atoms with Gasteiger partial charge in [0.1, 0.15) is 0 Å². The molecule has 0 atom stereocenters. The average molecular weight is 240 g/mol. The van der Waals surface area contributed by atoms with Gasteiger partial charge in [-0.25, -0.2) is 0 Å². The van der Waals surface area contributed by atoms with Crippen molar-refractivity contribution in [2.24, 2.45) is 0 Å². The minimum atomic E-state index is 0.00358. The van der Waals surface area contributed by atoms with E-state index in [2.05, 4.69) is 16.4 Å². The van der Waals surface area contributed by atoms with E-state index in [-0.39, 0.29) is 5.91 Å². The third-order valence-electron chi connectivity index (χ3n) is 2.68. The lowest BCUT2D eigenvalue weighted by atomic mass is 10.1. The van der Waals surface area contributed by atoms with Crippen LogP contribution in [-0.2, 0) is 11.2 Å². The third-order valence-corrected chi connectivity index (χ3v) is 2.68. The summed E-state index contributed by atoms with van der Waals surface area (Å²) in [6.07, 6.45) is 2.67. The lowest BCUT2D eigenvalue weighted by molar-refractivity contribution is -0.118. The zero-order chi connectivity index (χ0) is 12.8. The molecule has 1 aromatic heterocycles. The molecule has 2 aromatic rings. The van der Waals surface area contributed by atoms with Crippen LogP contribution in [0, 0.1) is 0 Å². The van der Waals surface area contributed by atoms with Crippen LogP contribution in [0.15, 0.2) is 48.7 Å². The molecule has 1 N–H and O–H groups in total. The molecule has 0 bridgehead atoms. The fourth-order valence-electron chi connectivity index (χ4n) is 1.73. The largest absolute Gasteiger partial charge is 0.356 e. The van der Waals surface area contributed by atoms with Gasteiger partial charge in [0.15, 0.2) is 0 Å². The third kappa shape index (κ3) is 3.42. The second kappa shape index (κ2) is 5.96. The van der Waals surface area contributed by atoms with Crippen LogP contribution in [0.2, 0.25) is 0 Å². The second-order valence-corrected chi connectivity index (χ2v) is 4.15. The molecule has 0 fully saturated rings. The molecule has 0 unspecified atom stereocenters. The van der Waals surface area contributed by atoms with Gasteiger partial charge >= 0.3 is 0 Å². The molecular formula is C15H16N2O. The van der Waals surface area contributed by atoms with E-state index in [0.29, 0.717) is 6.54 Å². The highest BCUT2D eigenvalue weighted by molar-refractivity contribution is 5.72. The molecule has 3 nitrogen and oxygen atoms in total. The summed E-state index contributed by atoms with van der Waals surface area (Å²) in [5.74, 6) is 0.00358. The van der Waals surface area contributed by atoms with Crippen LogP contribution in [-0.4, -0.2) is 17.4 Å². The predicted octanol–water partition coefficient (Wildman–Crippen LogP) is 2.43. The Hall–Kier alpha value is -2.16. The number of benzene rings is 1. The molecule has 1 aromatic carbocycles. The Bertz CT molecular complexity index is 506. The summed E-state index contributed by atoms with van der Waals surface area (Å²) in [5.41, 5.74) is 3.22. The predicted molar refractivity (Wildman–Crippen MR) is 72.1 cm³/mol. The Morgan fingerprint density at radius 2 is 1.94 bits per heavy atom. The van der Waals surface area contributed by atoms with Crippen molar-refractivity contribution in [3.63, 3.8) is 0 Å². The van der Waals surface area contributed by atoms with Crippen LogP contribution in [0.3, 0.4) is 0 Å². The van der Waals surface area contributed by atoms with Crippen LogP contribution in [0.1, 0.15) is 12.5 Å². The monoisotopic (exact) mass is 240 g/mol. The lowest BCUT2D eigenvalue weighted by Gasteiger charge is -2.04. The van der Waals surface area contributed by atoms with Gasteiger partial charge in [0.25, 0.3) is 0 Å². The summed E-state index contributed by atoms with van der Waals surface area (Å²) in [6, 6.07) is 14.1. The van der Waals surface area contributed by atoms with E-state index in [0.717, 1.165) is 23.2 Å². The number of nitrogens with zero attached hydrogens (tertiary/aromatic N) is 1. The number of nitrogens with one attached hydrogen (secondary N) is 1. The number of aromatic nitrogens is 1. The van der Waals surface area contributed by atoms with Crippen molar-refractivity contribution in [1.29, 1.82) is 0 Å². The number of rotatable bonds is 4. The Morgan fingerprint density at radius 3 is 2.56 bits per heavy atom. The van der Waals surface area contributed by atoms with Gasteiger partial charge in [0.05, 0.1) is 5.69 Å². The summed E-state index contributed by atoms with van der Waals surface area (Å²) >= 11 is 0. The Morgan fingerprint density at radius 1 is 1.17 bits per heavy atom. The van der Waals surface area contributed by atoms with Gasteiger partial charge in [0, 0.05) is 25.2 Å². The summed E-state index contributed by atoms with van der Waals surface area (Å²) < 4.78 is 0. The first-order chi connectivity index (χ1) is 8.75. The van der Waals surface area contributed by atoms with Crippen molar-refractivity contribution in [1.82, 2.24) is 10.3 Å². The summed E-state index contributed by atoms with van der Waals surface area (Å²) in [5, 5.41) is 2.77. The van der Waals surface area contributed by atoms with Crippen molar-refractivity contribution in [3.8, 4) is 11.3 Å². The fourth-order valence-corrected chi connectivity index (χ4v) is 1.73. The smallest absolute Gasteiger partial charge is 0.216 e. The lowest BCUT2D eigenvalue weighted by Crippen LogP contribution is -2.22. The minimum Gasteiger partial charge on any atom is -0.356 e. The number of pyridine rings is 1. The number of amides is 1. The van der Waals surface area contributed by atoms with E-state index >= 15 is 0 Å². The molecule has 92 valence electrons. The molecule has 0 spiro atoms. The highest BCUT2D eigenvalue weighted by atomic mass is 16.1. The first-order valence-electron chi connectivity index (χ1n) is 6.00. The van der Waals surface area contributed by atoms with Crippen molar-refractivity contribution in [2.45, 2.75) is 13.3 Å². The first kappa shape index (κ1) is 12.3. The van der Waals surface area contributed by atoms with Gasteiger partial charge in [-0.05, 0) is 18.1 Å². The van der Waals surface area contributed by atoms with E-state index in [4.69, 9.17) is 0 Å². The number of carbonyl (C=O) groups excluding carboxylic acids is 1. The molecule has 0 saturated carbocycles. The van der Waals surface area contributed by atoms with E-state index in [1.807, 2.05) is 42.6 Å².